The van der Waals surface area contributed by atoms with Gasteiger partial charge >= 0.3 is 0 Å². The Labute approximate surface area is 112 Å². The van der Waals surface area contributed by atoms with Gasteiger partial charge in [-0.1, -0.05) is 0 Å². The number of fused-ring (bicyclic) bond motifs is 1. The van der Waals surface area contributed by atoms with Crippen LogP contribution in [0.2, 0.25) is 0 Å². The Hall–Kier alpha value is -1.56. The third-order valence-electron chi connectivity index (χ3n) is 4.19. The number of piperidine rings is 2. The van der Waals surface area contributed by atoms with E-state index in [1.165, 1.54) is 26.3 Å². The van der Waals surface area contributed by atoms with Crippen molar-refractivity contribution < 1.29 is 4.74 Å². The maximum Gasteiger partial charge on any atom is 0.295 e. The Balaban J connectivity index is 1.83. The Kier molecular flexibility index (Phi) is 3.42. The second kappa shape index (κ2) is 5.21. The molecule has 1 aromatic heterocycles. The zero-order valence-corrected chi connectivity index (χ0v) is 11.2. The third-order valence-corrected chi connectivity index (χ3v) is 4.19. The van der Waals surface area contributed by atoms with E-state index in [1.807, 2.05) is 0 Å². The Morgan fingerprint density at radius 1 is 1.47 bits per heavy atom. The average Bonchev–Trinajstić information content (AvgIpc) is 2.46. The summed E-state index contributed by atoms with van der Waals surface area (Å²) < 4.78 is 5.20. The van der Waals surface area contributed by atoms with Crippen LogP contribution in [0.15, 0.2) is 11.1 Å². The number of aromatic nitrogens is 2. The summed E-state index contributed by atoms with van der Waals surface area (Å²) in [6.07, 6.45) is 5.03. The highest BCUT2D eigenvalue weighted by Crippen LogP contribution is 2.30. The maximum absolute atomic E-state index is 11.7. The molecule has 3 rings (SSSR count). The number of rotatable bonds is 2. The number of anilines is 1. The molecule has 0 aromatic carbocycles. The minimum atomic E-state index is -0.212. The SMILES string of the molecule is COc1c(N2CCC3NCCCC3C2)nc[nH]c1=O. The first-order valence-electron chi connectivity index (χ1n) is 6.89. The molecular formula is C13H20N4O2. The van der Waals surface area contributed by atoms with Crippen LogP contribution in [-0.4, -0.2) is 42.8 Å². The van der Waals surface area contributed by atoms with Crippen molar-refractivity contribution in [3.05, 3.63) is 16.7 Å². The highest BCUT2D eigenvalue weighted by Gasteiger charge is 2.32. The van der Waals surface area contributed by atoms with E-state index >= 15 is 0 Å². The van der Waals surface area contributed by atoms with Gasteiger partial charge in [0.2, 0.25) is 5.75 Å². The van der Waals surface area contributed by atoms with Crippen molar-refractivity contribution in [2.75, 3.05) is 31.6 Å². The fraction of sp³-hybridized carbons (Fsp3) is 0.692. The van der Waals surface area contributed by atoms with Crippen LogP contribution in [0, 0.1) is 5.92 Å². The summed E-state index contributed by atoms with van der Waals surface area (Å²) in [5.41, 5.74) is -0.212. The first-order valence-corrected chi connectivity index (χ1v) is 6.89. The fourth-order valence-corrected chi connectivity index (χ4v) is 3.22. The van der Waals surface area contributed by atoms with E-state index in [9.17, 15) is 4.79 Å². The lowest BCUT2D eigenvalue weighted by Crippen LogP contribution is -2.52. The van der Waals surface area contributed by atoms with E-state index < -0.39 is 0 Å². The van der Waals surface area contributed by atoms with E-state index in [4.69, 9.17) is 4.74 Å². The number of hydrogen-bond acceptors (Lipinski definition) is 5. The lowest BCUT2D eigenvalue weighted by atomic mass is 9.85. The molecule has 0 aliphatic carbocycles. The lowest BCUT2D eigenvalue weighted by molar-refractivity contribution is 0.243. The summed E-state index contributed by atoms with van der Waals surface area (Å²) in [4.78, 5) is 20.8. The highest BCUT2D eigenvalue weighted by atomic mass is 16.5. The van der Waals surface area contributed by atoms with Gasteiger partial charge in [-0.3, -0.25) is 4.79 Å². The molecule has 0 radical (unpaired) electrons. The minimum Gasteiger partial charge on any atom is -0.489 e. The maximum atomic E-state index is 11.7. The van der Waals surface area contributed by atoms with Crippen LogP contribution in [0.5, 0.6) is 5.75 Å². The third kappa shape index (κ3) is 2.32. The molecule has 2 saturated heterocycles. The summed E-state index contributed by atoms with van der Waals surface area (Å²) >= 11 is 0. The Morgan fingerprint density at radius 2 is 2.37 bits per heavy atom. The van der Waals surface area contributed by atoms with E-state index in [-0.39, 0.29) is 5.56 Å². The second-order valence-corrected chi connectivity index (χ2v) is 5.29. The number of nitrogens with one attached hydrogen (secondary N) is 2. The summed E-state index contributed by atoms with van der Waals surface area (Å²) in [6, 6.07) is 0.623. The molecule has 6 nitrogen and oxygen atoms in total. The zero-order chi connectivity index (χ0) is 13.2. The number of nitrogens with zero attached hydrogens (tertiary/aromatic N) is 2. The smallest absolute Gasteiger partial charge is 0.295 e. The lowest BCUT2D eigenvalue weighted by Gasteiger charge is -2.42. The number of H-pyrrole nitrogens is 1. The van der Waals surface area contributed by atoms with E-state index in [0.717, 1.165) is 26.1 Å². The van der Waals surface area contributed by atoms with E-state index in [0.29, 0.717) is 23.5 Å². The predicted molar refractivity (Wildman–Crippen MR) is 72.8 cm³/mol. The van der Waals surface area contributed by atoms with Gasteiger partial charge in [-0.15, -0.1) is 0 Å². The van der Waals surface area contributed by atoms with Crippen LogP contribution in [0.3, 0.4) is 0 Å². The number of methoxy groups -OCH3 is 1. The van der Waals surface area contributed by atoms with Crippen molar-refractivity contribution >= 4 is 5.82 Å². The molecule has 0 amide bonds. The minimum absolute atomic E-state index is 0.212. The monoisotopic (exact) mass is 264 g/mol. The molecular weight excluding hydrogens is 244 g/mol. The summed E-state index contributed by atoms with van der Waals surface area (Å²) in [7, 11) is 1.52. The standard InChI is InChI=1S/C13H20N4O2/c1-19-11-12(15-8-16-13(11)18)17-6-4-10-9(7-17)3-2-5-14-10/h8-10,14H,2-7H2,1H3,(H,15,16,18). The molecule has 0 bridgehead atoms. The molecule has 2 aliphatic heterocycles. The molecule has 2 atom stereocenters. The fourth-order valence-electron chi connectivity index (χ4n) is 3.22. The normalized spacial score (nSPS) is 26.9. The van der Waals surface area contributed by atoms with Crippen molar-refractivity contribution in [2.24, 2.45) is 5.92 Å². The van der Waals surface area contributed by atoms with Crippen LogP contribution in [-0.2, 0) is 0 Å². The molecule has 0 spiro atoms. The summed E-state index contributed by atoms with van der Waals surface area (Å²) in [6.45, 7) is 3.00. The predicted octanol–water partition coefficient (Wildman–Crippen LogP) is 0.357. The molecule has 2 N–H and O–H groups in total. The van der Waals surface area contributed by atoms with Crippen molar-refractivity contribution in [1.82, 2.24) is 15.3 Å². The van der Waals surface area contributed by atoms with Gasteiger partial charge in [-0.05, 0) is 31.7 Å². The summed E-state index contributed by atoms with van der Waals surface area (Å²) in [5.74, 6) is 1.65. The first-order chi connectivity index (χ1) is 9.29. The van der Waals surface area contributed by atoms with Gasteiger partial charge in [0.15, 0.2) is 5.82 Å². The Bertz CT molecular complexity index is 502. The first kappa shape index (κ1) is 12.5. The van der Waals surface area contributed by atoms with Gasteiger partial charge < -0.3 is 19.9 Å². The highest BCUT2D eigenvalue weighted by molar-refractivity contribution is 5.51. The van der Waals surface area contributed by atoms with Gasteiger partial charge in [0.1, 0.15) is 0 Å². The van der Waals surface area contributed by atoms with Crippen LogP contribution in [0.25, 0.3) is 0 Å². The zero-order valence-electron chi connectivity index (χ0n) is 11.2. The average molecular weight is 264 g/mol. The van der Waals surface area contributed by atoms with Crippen LogP contribution >= 0.6 is 0 Å². The Morgan fingerprint density at radius 3 is 3.21 bits per heavy atom. The number of aromatic amines is 1. The topological polar surface area (TPSA) is 70.2 Å². The van der Waals surface area contributed by atoms with Gasteiger partial charge in [-0.2, -0.15) is 0 Å². The molecule has 1 aromatic rings. The molecule has 2 unspecified atom stereocenters. The summed E-state index contributed by atoms with van der Waals surface area (Å²) in [5, 5.41) is 3.59. The largest absolute Gasteiger partial charge is 0.489 e. The molecule has 2 fully saturated rings. The van der Waals surface area contributed by atoms with E-state index in [1.54, 1.807) is 0 Å². The number of ether oxygens (including phenoxy) is 1. The number of hydrogen-bond donors (Lipinski definition) is 2. The molecule has 104 valence electrons. The van der Waals surface area contributed by atoms with Crippen LogP contribution < -0.4 is 20.5 Å². The van der Waals surface area contributed by atoms with Crippen molar-refractivity contribution in [2.45, 2.75) is 25.3 Å². The van der Waals surface area contributed by atoms with Gasteiger partial charge in [0.05, 0.1) is 13.4 Å². The van der Waals surface area contributed by atoms with Crippen molar-refractivity contribution in [3.8, 4) is 5.75 Å². The molecule has 2 aliphatic rings. The van der Waals surface area contributed by atoms with E-state index in [2.05, 4.69) is 20.2 Å². The van der Waals surface area contributed by atoms with Crippen LogP contribution in [0.4, 0.5) is 5.82 Å². The van der Waals surface area contributed by atoms with Crippen molar-refractivity contribution in [1.29, 1.82) is 0 Å². The van der Waals surface area contributed by atoms with Crippen molar-refractivity contribution in [3.63, 3.8) is 0 Å². The van der Waals surface area contributed by atoms with Crippen LogP contribution in [0.1, 0.15) is 19.3 Å². The second-order valence-electron chi connectivity index (χ2n) is 5.29. The molecule has 19 heavy (non-hydrogen) atoms. The van der Waals surface area contributed by atoms with Gasteiger partial charge in [0, 0.05) is 19.1 Å². The molecule has 0 saturated carbocycles. The van der Waals surface area contributed by atoms with Gasteiger partial charge in [0.25, 0.3) is 5.56 Å². The quantitative estimate of drug-likeness (QED) is 0.807. The van der Waals surface area contributed by atoms with Gasteiger partial charge in [-0.25, -0.2) is 4.98 Å². The molecule has 6 heteroatoms. The molecule has 3 heterocycles.